The summed E-state index contributed by atoms with van der Waals surface area (Å²) in [6.45, 7) is 3.77. The lowest BCUT2D eigenvalue weighted by Crippen LogP contribution is -2.28. The Labute approximate surface area is 123 Å². The van der Waals surface area contributed by atoms with E-state index in [-0.39, 0.29) is 11.9 Å². The van der Waals surface area contributed by atoms with Gasteiger partial charge in [-0.05, 0) is 26.0 Å². The van der Waals surface area contributed by atoms with E-state index in [2.05, 4.69) is 15.3 Å². The topological polar surface area (TPSA) is 76.2 Å². The Hall–Kier alpha value is -2.50. The summed E-state index contributed by atoms with van der Waals surface area (Å²) < 4.78 is 10.5. The number of H-pyrrole nitrogens is 1. The van der Waals surface area contributed by atoms with Crippen LogP contribution in [0, 0.1) is 6.92 Å². The first kappa shape index (κ1) is 14.9. The maximum absolute atomic E-state index is 12.5. The van der Waals surface area contributed by atoms with Crippen LogP contribution in [0.15, 0.2) is 24.4 Å². The van der Waals surface area contributed by atoms with E-state index in [0.717, 1.165) is 5.69 Å². The molecule has 6 heteroatoms. The number of methoxy groups -OCH3 is 2. The molecule has 0 unspecified atom stereocenters. The Bertz CT molecular complexity index is 615. The van der Waals surface area contributed by atoms with Crippen LogP contribution in [-0.4, -0.2) is 30.1 Å². The molecule has 2 rings (SSSR count). The first-order valence-corrected chi connectivity index (χ1v) is 6.60. The predicted octanol–water partition coefficient (Wildman–Crippen LogP) is 2.23. The second-order valence-corrected chi connectivity index (χ2v) is 4.68. The number of hydrogen-bond donors (Lipinski definition) is 2. The molecule has 0 spiro atoms. The van der Waals surface area contributed by atoms with Gasteiger partial charge in [-0.1, -0.05) is 6.07 Å². The van der Waals surface area contributed by atoms with Crippen molar-refractivity contribution in [3.63, 3.8) is 0 Å². The summed E-state index contributed by atoms with van der Waals surface area (Å²) in [5, 5.41) is 2.88. The van der Waals surface area contributed by atoms with Crippen LogP contribution in [0.25, 0.3) is 0 Å². The van der Waals surface area contributed by atoms with Crippen LogP contribution in [0.4, 0.5) is 0 Å². The van der Waals surface area contributed by atoms with Crippen LogP contribution in [-0.2, 0) is 0 Å². The normalized spacial score (nSPS) is 11.8. The van der Waals surface area contributed by atoms with Crippen LogP contribution in [0.3, 0.4) is 0 Å². The van der Waals surface area contributed by atoms with Gasteiger partial charge in [0.05, 0.1) is 20.3 Å². The molecule has 0 radical (unpaired) electrons. The van der Waals surface area contributed by atoms with Crippen LogP contribution in [0.5, 0.6) is 11.5 Å². The number of aryl methyl sites for hydroxylation is 1. The second-order valence-electron chi connectivity index (χ2n) is 4.68. The third kappa shape index (κ3) is 3.16. The van der Waals surface area contributed by atoms with Gasteiger partial charge in [0, 0.05) is 11.9 Å². The minimum absolute atomic E-state index is 0.249. The van der Waals surface area contributed by atoms with Crippen molar-refractivity contribution in [1.29, 1.82) is 0 Å². The van der Waals surface area contributed by atoms with E-state index >= 15 is 0 Å². The molecule has 1 atom stereocenters. The summed E-state index contributed by atoms with van der Waals surface area (Å²) in [4.78, 5) is 19.8. The van der Waals surface area contributed by atoms with Gasteiger partial charge in [-0.2, -0.15) is 0 Å². The molecule has 6 nitrogen and oxygen atoms in total. The maximum Gasteiger partial charge on any atom is 0.259 e. The molecule has 0 bridgehead atoms. The third-order valence-corrected chi connectivity index (χ3v) is 3.14. The number of aromatic amines is 1. The summed E-state index contributed by atoms with van der Waals surface area (Å²) in [6, 6.07) is 4.97. The van der Waals surface area contributed by atoms with Crippen LogP contribution < -0.4 is 14.8 Å². The fourth-order valence-electron chi connectivity index (χ4n) is 2.07. The molecule has 0 saturated carbocycles. The average Bonchev–Trinajstić information content (AvgIpc) is 2.92. The molecule has 1 heterocycles. The largest absolute Gasteiger partial charge is 0.496 e. The zero-order chi connectivity index (χ0) is 15.4. The Balaban J connectivity index is 2.24. The predicted molar refractivity (Wildman–Crippen MR) is 78.8 cm³/mol. The molecule has 0 aliphatic rings. The average molecular weight is 289 g/mol. The standard InChI is InChI=1S/C15H19N3O3/c1-9-8-16-14(17-9)10(2)18-15(19)13-11(20-3)6-5-7-12(13)21-4/h5-8,10H,1-4H3,(H,16,17)(H,18,19)/t10-/m0/s1. The Morgan fingerprint density at radius 1 is 1.29 bits per heavy atom. The molecule has 2 aromatic rings. The molecule has 2 N–H and O–H groups in total. The molecule has 0 aliphatic heterocycles. The summed E-state index contributed by atoms with van der Waals surface area (Å²) in [6.07, 6.45) is 1.72. The van der Waals surface area contributed by atoms with Gasteiger partial charge in [-0.3, -0.25) is 4.79 Å². The Kier molecular flexibility index (Phi) is 4.47. The lowest BCUT2D eigenvalue weighted by Gasteiger charge is -2.15. The number of carbonyl (C=O) groups excluding carboxylic acids is 1. The van der Waals surface area contributed by atoms with Gasteiger partial charge in [0.1, 0.15) is 22.9 Å². The van der Waals surface area contributed by atoms with Crippen LogP contribution in [0.1, 0.15) is 34.8 Å². The van der Waals surface area contributed by atoms with E-state index in [0.29, 0.717) is 22.9 Å². The van der Waals surface area contributed by atoms with Crippen molar-refractivity contribution in [3.05, 3.63) is 41.5 Å². The quantitative estimate of drug-likeness (QED) is 0.885. The maximum atomic E-state index is 12.5. The molecule has 1 aromatic carbocycles. The van der Waals surface area contributed by atoms with Crippen LogP contribution >= 0.6 is 0 Å². The minimum atomic E-state index is -0.272. The zero-order valence-electron chi connectivity index (χ0n) is 12.6. The number of aromatic nitrogens is 2. The highest BCUT2D eigenvalue weighted by atomic mass is 16.5. The SMILES string of the molecule is COc1cccc(OC)c1C(=O)N[C@@H](C)c1ncc(C)[nH]1. The highest BCUT2D eigenvalue weighted by Gasteiger charge is 2.21. The Morgan fingerprint density at radius 3 is 2.38 bits per heavy atom. The van der Waals surface area contributed by atoms with Crippen molar-refractivity contribution < 1.29 is 14.3 Å². The number of ether oxygens (including phenoxy) is 2. The Morgan fingerprint density at radius 2 is 1.90 bits per heavy atom. The number of nitrogens with zero attached hydrogens (tertiary/aromatic N) is 1. The summed E-state index contributed by atoms with van der Waals surface area (Å²) in [7, 11) is 3.04. The van der Waals surface area contributed by atoms with Gasteiger partial charge in [-0.25, -0.2) is 4.98 Å². The fourth-order valence-corrected chi connectivity index (χ4v) is 2.07. The number of hydrogen-bond acceptors (Lipinski definition) is 4. The second kappa shape index (κ2) is 6.30. The van der Waals surface area contributed by atoms with Gasteiger partial charge in [0.2, 0.25) is 0 Å². The highest BCUT2D eigenvalue weighted by Crippen LogP contribution is 2.28. The van der Waals surface area contributed by atoms with Gasteiger partial charge < -0.3 is 19.8 Å². The number of rotatable bonds is 5. The van der Waals surface area contributed by atoms with Gasteiger partial charge in [0.15, 0.2) is 0 Å². The van der Waals surface area contributed by atoms with Gasteiger partial charge in [-0.15, -0.1) is 0 Å². The fraction of sp³-hybridized carbons (Fsp3) is 0.333. The third-order valence-electron chi connectivity index (χ3n) is 3.14. The highest BCUT2D eigenvalue weighted by molar-refractivity contribution is 5.99. The zero-order valence-corrected chi connectivity index (χ0v) is 12.6. The lowest BCUT2D eigenvalue weighted by molar-refractivity contribution is 0.0932. The van der Waals surface area contributed by atoms with Crippen molar-refractivity contribution in [1.82, 2.24) is 15.3 Å². The smallest absolute Gasteiger partial charge is 0.259 e. The molecular formula is C15H19N3O3. The lowest BCUT2D eigenvalue weighted by atomic mass is 10.1. The van der Waals surface area contributed by atoms with Crippen molar-refractivity contribution >= 4 is 5.91 Å². The number of carbonyl (C=O) groups is 1. The van der Waals surface area contributed by atoms with E-state index in [9.17, 15) is 4.79 Å². The number of imidazole rings is 1. The van der Waals surface area contributed by atoms with E-state index in [1.807, 2.05) is 13.8 Å². The van der Waals surface area contributed by atoms with Crippen molar-refractivity contribution in [2.24, 2.45) is 0 Å². The summed E-state index contributed by atoms with van der Waals surface area (Å²) >= 11 is 0. The van der Waals surface area contributed by atoms with Crippen molar-refractivity contribution in [2.45, 2.75) is 19.9 Å². The molecule has 112 valence electrons. The molecule has 0 saturated heterocycles. The van der Waals surface area contributed by atoms with Gasteiger partial charge >= 0.3 is 0 Å². The van der Waals surface area contributed by atoms with Crippen molar-refractivity contribution in [2.75, 3.05) is 14.2 Å². The molecule has 21 heavy (non-hydrogen) atoms. The van der Waals surface area contributed by atoms with Gasteiger partial charge in [0.25, 0.3) is 5.91 Å². The van der Waals surface area contributed by atoms with Crippen molar-refractivity contribution in [3.8, 4) is 11.5 Å². The van der Waals surface area contributed by atoms with Crippen LogP contribution in [0.2, 0.25) is 0 Å². The minimum Gasteiger partial charge on any atom is -0.496 e. The van der Waals surface area contributed by atoms with E-state index < -0.39 is 0 Å². The number of benzene rings is 1. The summed E-state index contributed by atoms with van der Waals surface area (Å²) in [5.41, 5.74) is 1.32. The molecule has 1 amide bonds. The first-order valence-electron chi connectivity index (χ1n) is 6.60. The van der Waals surface area contributed by atoms with E-state index in [4.69, 9.17) is 9.47 Å². The first-order chi connectivity index (χ1) is 10.1. The molecule has 1 aromatic heterocycles. The van der Waals surface area contributed by atoms with E-state index in [1.165, 1.54) is 14.2 Å². The van der Waals surface area contributed by atoms with E-state index in [1.54, 1.807) is 24.4 Å². The molecule has 0 aliphatic carbocycles. The number of nitrogens with one attached hydrogen (secondary N) is 2. The number of amides is 1. The molecular weight excluding hydrogens is 270 g/mol. The molecule has 0 fully saturated rings. The monoisotopic (exact) mass is 289 g/mol. The summed E-state index contributed by atoms with van der Waals surface area (Å²) in [5.74, 6) is 1.37.